The number of carbonyl (C=O) groups is 1. The standard InChI is InChI=1S/C8H5F4NO2/c9-3-1-4(10)7(8(11)12)13-5(3)2-6(14)15/h1,8H,2H2,(H,14,15). The van der Waals surface area contributed by atoms with Gasteiger partial charge in [-0.15, -0.1) is 0 Å². The smallest absolute Gasteiger partial charge is 0.309 e. The number of aromatic nitrogens is 1. The summed E-state index contributed by atoms with van der Waals surface area (Å²) in [7, 11) is 0. The van der Waals surface area contributed by atoms with Crippen molar-refractivity contribution in [3.63, 3.8) is 0 Å². The summed E-state index contributed by atoms with van der Waals surface area (Å²) in [5.41, 5.74) is -1.95. The van der Waals surface area contributed by atoms with Gasteiger partial charge in [-0.2, -0.15) is 0 Å². The summed E-state index contributed by atoms with van der Waals surface area (Å²) in [5.74, 6) is -4.18. The molecule has 15 heavy (non-hydrogen) atoms. The van der Waals surface area contributed by atoms with Gasteiger partial charge in [-0.05, 0) is 0 Å². The Morgan fingerprint density at radius 2 is 2.00 bits per heavy atom. The van der Waals surface area contributed by atoms with Gasteiger partial charge in [-0.1, -0.05) is 0 Å². The van der Waals surface area contributed by atoms with Crippen molar-refractivity contribution in [2.24, 2.45) is 0 Å². The van der Waals surface area contributed by atoms with Crippen LogP contribution in [0.25, 0.3) is 0 Å². The molecule has 0 fully saturated rings. The van der Waals surface area contributed by atoms with Crippen LogP contribution >= 0.6 is 0 Å². The number of alkyl halides is 2. The average molecular weight is 223 g/mol. The van der Waals surface area contributed by atoms with E-state index in [2.05, 4.69) is 4.98 Å². The molecule has 3 nitrogen and oxygen atoms in total. The Morgan fingerprint density at radius 3 is 2.47 bits per heavy atom. The van der Waals surface area contributed by atoms with E-state index in [0.717, 1.165) is 0 Å². The Balaban J connectivity index is 3.17. The highest BCUT2D eigenvalue weighted by Crippen LogP contribution is 2.21. The topological polar surface area (TPSA) is 50.2 Å². The van der Waals surface area contributed by atoms with Gasteiger partial charge >= 0.3 is 5.97 Å². The van der Waals surface area contributed by atoms with Crippen LogP contribution in [0.4, 0.5) is 17.6 Å². The number of nitrogens with zero attached hydrogens (tertiary/aromatic N) is 1. The van der Waals surface area contributed by atoms with Gasteiger partial charge in [0.25, 0.3) is 6.43 Å². The van der Waals surface area contributed by atoms with Crippen molar-refractivity contribution < 1.29 is 27.5 Å². The molecule has 0 atom stereocenters. The lowest BCUT2D eigenvalue weighted by Gasteiger charge is -2.04. The second-order valence-corrected chi connectivity index (χ2v) is 2.66. The summed E-state index contributed by atoms with van der Waals surface area (Å²) >= 11 is 0. The Labute approximate surface area is 81.4 Å². The van der Waals surface area contributed by atoms with Gasteiger partial charge in [0.15, 0.2) is 5.82 Å². The summed E-state index contributed by atoms with van der Waals surface area (Å²) in [6.07, 6.45) is -4.08. The van der Waals surface area contributed by atoms with Crippen LogP contribution in [0.5, 0.6) is 0 Å². The lowest BCUT2D eigenvalue weighted by Crippen LogP contribution is -2.09. The third kappa shape index (κ3) is 2.64. The molecule has 0 aromatic carbocycles. The van der Waals surface area contributed by atoms with E-state index in [4.69, 9.17) is 5.11 Å². The van der Waals surface area contributed by atoms with E-state index in [1.807, 2.05) is 0 Å². The summed E-state index contributed by atoms with van der Waals surface area (Å²) in [5, 5.41) is 8.30. The normalized spacial score (nSPS) is 10.7. The van der Waals surface area contributed by atoms with E-state index in [1.165, 1.54) is 0 Å². The summed E-state index contributed by atoms with van der Waals surface area (Å²) in [4.78, 5) is 13.1. The Morgan fingerprint density at radius 1 is 1.40 bits per heavy atom. The number of rotatable bonds is 3. The Bertz CT molecular complexity index is 394. The first-order chi connectivity index (χ1) is 6.91. The Hall–Kier alpha value is -1.66. The first-order valence-electron chi connectivity index (χ1n) is 3.76. The Kier molecular flexibility index (Phi) is 3.23. The molecule has 0 spiro atoms. The summed E-state index contributed by atoms with van der Waals surface area (Å²) in [6.45, 7) is 0. The van der Waals surface area contributed by atoms with Gasteiger partial charge in [0.05, 0.1) is 12.1 Å². The molecular formula is C8H5F4NO2. The quantitative estimate of drug-likeness (QED) is 0.796. The van der Waals surface area contributed by atoms with Crippen molar-refractivity contribution in [3.8, 4) is 0 Å². The van der Waals surface area contributed by atoms with Crippen molar-refractivity contribution >= 4 is 5.97 Å². The molecule has 0 aliphatic heterocycles. The molecule has 1 rings (SSSR count). The van der Waals surface area contributed by atoms with Crippen LogP contribution in [0.1, 0.15) is 17.8 Å². The van der Waals surface area contributed by atoms with Crippen LogP contribution in [-0.4, -0.2) is 16.1 Å². The van der Waals surface area contributed by atoms with Crippen LogP contribution < -0.4 is 0 Å². The minimum absolute atomic E-state index is 0.201. The third-order valence-corrected chi connectivity index (χ3v) is 1.55. The number of halogens is 4. The minimum atomic E-state index is -3.21. The van der Waals surface area contributed by atoms with Gasteiger partial charge in [0, 0.05) is 6.07 Å². The molecule has 0 aliphatic rings. The zero-order chi connectivity index (χ0) is 11.6. The van der Waals surface area contributed by atoms with E-state index in [9.17, 15) is 22.4 Å². The van der Waals surface area contributed by atoms with Crippen molar-refractivity contribution in [2.45, 2.75) is 12.8 Å². The van der Waals surface area contributed by atoms with Crippen LogP contribution in [0, 0.1) is 11.6 Å². The molecule has 0 radical (unpaired) electrons. The van der Waals surface area contributed by atoms with Crippen molar-refractivity contribution in [1.82, 2.24) is 4.98 Å². The minimum Gasteiger partial charge on any atom is -0.481 e. The molecule has 1 N–H and O–H groups in total. The SMILES string of the molecule is O=C(O)Cc1nc(C(F)F)c(F)cc1F. The molecule has 0 unspecified atom stereocenters. The van der Waals surface area contributed by atoms with Gasteiger partial charge < -0.3 is 5.11 Å². The molecule has 0 amide bonds. The fourth-order valence-electron chi connectivity index (χ4n) is 0.941. The van der Waals surface area contributed by atoms with Gasteiger partial charge in [0.1, 0.15) is 11.5 Å². The molecule has 1 heterocycles. The van der Waals surface area contributed by atoms with E-state index < -0.39 is 41.8 Å². The number of pyridine rings is 1. The third-order valence-electron chi connectivity index (χ3n) is 1.55. The van der Waals surface area contributed by atoms with Crippen LogP contribution in [0.15, 0.2) is 6.07 Å². The van der Waals surface area contributed by atoms with E-state index in [-0.39, 0.29) is 6.07 Å². The molecule has 1 aromatic heterocycles. The molecular weight excluding hydrogens is 218 g/mol. The van der Waals surface area contributed by atoms with Crippen molar-refractivity contribution in [3.05, 3.63) is 29.1 Å². The number of carboxylic acid groups (broad SMARTS) is 1. The van der Waals surface area contributed by atoms with Gasteiger partial charge in [-0.25, -0.2) is 22.5 Å². The highest BCUT2D eigenvalue weighted by atomic mass is 19.3. The maximum absolute atomic E-state index is 12.8. The highest BCUT2D eigenvalue weighted by molar-refractivity contribution is 5.69. The lowest BCUT2D eigenvalue weighted by molar-refractivity contribution is -0.136. The zero-order valence-corrected chi connectivity index (χ0v) is 7.18. The van der Waals surface area contributed by atoms with Crippen LogP contribution in [-0.2, 0) is 11.2 Å². The van der Waals surface area contributed by atoms with E-state index >= 15 is 0 Å². The predicted octanol–water partition coefficient (Wildman–Crippen LogP) is 1.92. The monoisotopic (exact) mass is 223 g/mol. The van der Waals surface area contributed by atoms with E-state index in [0.29, 0.717) is 0 Å². The number of hydrogen-bond donors (Lipinski definition) is 1. The fourth-order valence-corrected chi connectivity index (χ4v) is 0.941. The van der Waals surface area contributed by atoms with Crippen molar-refractivity contribution in [1.29, 1.82) is 0 Å². The lowest BCUT2D eigenvalue weighted by atomic mass is 10.2. The summed E-state index contributed by atoms with van der Waals surface area (Å²) in [6, 6.07) is 0.201. The number of hydrogen-bond acceptors (Lipinski definition) is 2. The highest BCUT2D eigenvalue weighted by Gasteiger charge is 2.20. The maximum atomic E-state index is 12.8. The number of aliphatic carboxylic acids is 1. The first-order valence-corrected chi connectivity index (χ1v) is 3.76. The average Bonchev–Trinajstić information content (AvgIpc) is 2.08. The maximum Gasteiger partial charge on any atom is 0.309 e. The fraction of sp³-hybridized carbons (Fsp3) is 0.250. The molecule has 0 aliphatic carbocycles. The second-order valence-electron chi connectivity index (χ2n) is 2.66. The van der Waals surface area contributed by atoms with Crippen LogP contribution in [0.2, 0.25) is 0 Å². The van der Waals surface area contributed by atoms with Gasteiger partial charge in [-0.3, -0.25) is 4.79 Å². The molecule has 7 heteroatoms. The number of carboxylic acids is 1. The first kappa shape index (κ1) is 11.4. The molecule has 0 saturated heterocycles. The van der Waals surface area contributed by atoms with Gasteiger partial charge in [0.2, 0.25) is 0 Å². The second kappa shape index (κ2) is 4.24. The predicted molar refractivity (Wildman–Crippen MR) is 40.4 cm³/mol. The zero-order valence-electron chi connectivity index (χ0n) is 7.18. The molecule has 1 aromatic rings. The molecule has 0 saturated carbocycles. The van der Waals surface area contributed by atoms with Crippen molar-refractivity contribution in [2.75, 3.05) is 0 Å². The summed E-state index contributed by atoms with van der Waals surface area (Å²) < 4.78 is 49.7. The van der Waals surface area contributed by atoms with Crippen LogP contribution in [0.3, 0.4) is 0 Å². The molecule has 82 valence electrons. The molecule has 0 bridgehead atoms. The largest absolute Gasteiger partial charge is 0.481 e. The van der Waals surface area contributed by atoms with E-state index in [1.54, 1.807) is 0 Å².